The van der Waals surface area contributed by atoms with Gasteiger partial charge < -0.3 is 5.32 Å². The number of amides is 1. The Morgan fingerprint density at radius 3 is 2.65 bits per heavy atom. The molecule has 0 bridgehead atoms. The van der Waals surface area contributed by atoms with Gasteiger partial charge in [-0.25, -0.2) is 9.37 Å². The molecule has 2 aromatic heterocycles. The predicted octanol–water partition coefficient (Wildman–Crippen LogP) is 3.79. The summed E-state index contributed by atoms with van der Waals surface area (Å²) < 4.78 is 14.8. The molecule has 0 spiro atoms. The number of hydrogen-bond donors (Lipinski definition) is 1. The lowest BCUT2D eigenvalue weighted by Gasteiger charge is -2.03. The molecule has 0 atom stereocenters. The number of nitrogens with zero attached hydrogens (tertiary/aromatic N) is 3. The summed E-state index contributed by atoms with van der Waals surface area (Å²) in [6.07, 6.45) is 3.46. The molecule has 1 aromatic carbocycles. The van der Waals surface area contributed by atoms with Crippen molar-refractivity contribution in [2.24, 2.45) is 7.05 Å². The summed E-state index contributed by atoms with van der Waals surface area (Å²) in [5.41, 5.74) is 4.19. The number of halogens is 1. The Morgan fingerprint density at radius 2 is 2.00 bits per heavy atom. The minimum Gasteiger partial charge on any atom is -0.302 e. The fraction of sp³-hybridized carbons (Fsp3) is 0.316. The topological polar surface area (TPSA) is 59.8 Å². The molecule has 136 valence electrons. The van der Waals surface area contributed by atoms with Crippen molar-refractivity contribution in [3.05, 3.63) is 63.7 Å². The van der Waals surface area contributed by atoms with Crippen LogP contribution in [-0.4, -0.2) is 20.7 Å². The summed E-state index contributed by atoms with van der Waals surface area (Å²) in [4.78, 5) is 17.5. The fourth-order valence-electron chi connectivity index (χ4n) is 2.85. The SMILES string of the molecule is Cc1nn(C)c(C)c1CCC(=O)Nc1ncc(Cc2ccc(F)cc2)s1. The second kappa shape index (κ2) is 7.78. The number of nitrogens with one attached hydrogen (secondary N) is 1. The lowest BCUT2D eigenvalue weighted by Crippen LogP contribution is -2.12. The molecule has 2 heterocycles. The van der Waals surface area contributed by atoms with Crippen LogP contribution in [-0.2, 0) is 24.7 Å². The maximum atomic E-state index is 13.0. The molecule has 0 saturated heterocycles. The maximum Gasteiger partial charge on any atom is 0.226 e. The van der Waals surface area contributed by atoms with Crippen LogP contribution in [0.15, 0.2) is 30.5 Å². The van der Waals surface area contributed by atoms with E-state index in [1.807, 2.05) is 25.6 Å². The lowest BCUT2D eigenvalue weighted by molar-refractivity contribution is -0.116. The Morgan fingerprint density at radius 1 is 1.27 bits per heavy atom. The van der Waals surface area contributed by atoms with Crippen molar-refractivity contribution < 1.29 is 9.18 Å². The first-order chi connectivity index (χ1) is 12.4. The first kappa shape index (κ1) is 18.3. The van der Waals surface area contributed by atoms with Crippen LogP contribution in [0.1, 0.15) is 33.8 Å². The molecular weight excluding hydrogens is 351 g/mol. The number of aromatic nitrogens is 3. The molecule has 0 fully saturated rings. The highest BCUT2D eigenvalue weighted by molar-refractivity contribution is 7.15. The van der Waals surface area contributed by atoms with Gasteiger partial charge in [0.1, 0.15) is 5.82 Å². The summed E-state index contributed by atoms with van der Waals surface area (Å²) in [6.45, 7) is 3.97. The summed E-state index contributed by atoms with van der Waals surface area (Å²) in [7, 11) is 1.91. The van der Waals surface area contributed by atoms with Gasteiger partial charge in [0.25, 0.3) is 0 Å². The Labute approximate surface area is 155 Å². The van der Waals surface area contributed by atoms with Gasteiger partial charge in [-0.3, -0.25) is 9.48 Å². The number of anilines is 1. The summed E-state index contributed by atoms with van der Waals surface area (Å²) >= 11 is 1.44. The molecule has 5 nitrogen and oxygen atoms in total. The van der Waals surface area contributed by atoms with Gasteiger partial charge in [-0.05, 0) is 43.5 Å². The van der Waals surface area contributed by atoms with Crippen molar-refractivity contribution in [1.29, 1.82) is 0 Å². The van der Waals surface area contributed by atoms with Crippen molar-refractivity contribution in [2.75, 3.05) is 5.32 Å². The second-order valence-corrected chi connectivity index (χ2v) is 7.37. The molecule has 0 aliphatic carbocycles. The third-order valence-electron chi connectivity index (χ3n) is 4.35. The van der Waals surface area contributed by atoms with Crippen molar-refractivity contribution in [2.45, 2.75) is 33.1 Å². The minimum atomic E-state index is -0.245. The molecule has 0 aliphatic heterocycles. The molecule has 0 unspecified atom stereocenters. The van der Waals surface area contributed by atoms with E-state index in [1.165, 1.54) is 23.5 Å². The number of hydrogen-bond acceptors (Lipinski definition) is 4. The molecule has 3 rings (SSSR count). The number of carbonyl (C=O) groups excluding carboxylic acids is 1. The quantitative estimate of drug-likeness (QED) is 0.716. The average molecular weight is 372 g/mol. The minimum absolute atomic E-state index is 0.0599. The van der Waals surface area contributed by atoms with Gasteiger partial charge in [-0.15, -0.1) is 11.3 Å². The van der Waals surface area contributed by atoms with Crippen LogP contribution in [0.5, 0.6) is 0 Å². The zero-order chi connectivity index (χ0) is 18.7. The van der Waals surface area contributed by atoms with Gasteiger partial charge in [0.2, 0.25) is 5.91 Å². The van der Waals surface area contributed by atoms with Gasteiger partial charge in [0.15, 0.2) is 5.13 Å². The van der Waals surface area contributed by atoms with E-state index in [4.69, 9.17) is 0 Å². The number of aryl methyl sites for hydroxylation is 2. The van der Waals surface area contributed by atoms with Crippen molar-refractivity contribution in [3.63, 3.8) is 0 Å². The summed E-state index contributed by atoms with van der Waals surface area (Å²) in [5, 5.41) is 7.82. The first-order valence-electron chi connectivity index (χ1n) is 8.40. The van der Waals surface area contributed by atoms with E-state index < -0.39 is 0 Å². The van der Waals surface area contributed by atoms with E-state index >= 15 is 0 Å². The predicted molar refractivity (Wildman–Crippen MR) is 101 cm³/mol. The molecule has 7 heteroatoms. The van der Waals surface area contributed by atoms with E-state index in [2.05, 4.69) is 15.4 Å². The van der Waals surface area contributed by atoms with Crippen LogP contribution in [0.4, 0.5) is 9.52 Å². The van der Waals surface area contributed by atoms with Crippen LogP contribution in [0.25, 0.3) is 0 Å². The van der Waals surface area contributed by atoms with Gasteiger partial charge in [-0.2, -0.15) is 5.10 Å². The first-order valence-corrected chi connectivity index (χ1v) is 9.22. The van der Waals surface area contributed by atoms with E-state index in [0.29, 0.717) is 24.4 Å². The van der Waals surface area contributed by atoms with Crippen molar-refractivity contribution >= 4 is 22.4 Å². The number of rotatable bonds is 6. The molecular formula is C19H21FN4OS. The standard InChI is InChI=1S/C19H21FN4OS/c1-12-17(13(2)24(3)23-12)8-9-18(25)22-19-21-11-16(26-19)10-14-4-6-15(20)7-5-14/h4-7,11H,8-10H2,1-3H3,(H,21,22,25). The highest BCUT2D eigenvalue weighted by Crippen LogP contribution is 2.22. The van der Waals surface area contributed by atoms with E-state index in [-0.39, 0.29) is 11.7 Å². The Balaban J connectivity index is 1.55. The Kier molecular flexibility index (Phi) is 5.46. The highest BCUT2D eigenvalue weighted by atomic mass is 32.1. The van der Waals surface area contributed by atoms with Crippen LogP contribution < -0.4 is 5.32 Å². The zero-order valence-electron chi connectivity index (χ0n) is 15.0. The maximum absolute atomic E-state index is 13.0. The largest absolute Gasteiger partial charge is 0.302 e. The van der Waals surface area contributed by atoms with E-state index in [1.54, 1.807) is 18.3 Å². The van der Waals surface area contributed by atoms with Crippen molar-refractivity contribution in [3.8, 4) is 0 Å². The molecule has 0 saturated carbocycles. The summed E-state index contributed by atoms with van der Waals surface area (Å²) in [5.74, 6) is -0.305. The molecule has 1 amide bonds. The molecule has 26 heavy (non-hydrogen) atoms. The van der Waals surface area contributed by atoms with Crippen LogP contribution in [0.2, 0.25) is 0 Å². The third kappa shape index (κ3) is 4.35. The number of thiazole rings is 1. The van der Waals surface area contributed by atoms with Crippen LogP contribution in [0.3, 0.4) is 0 Å². The normalized spacial score (nSPS) is 10.9. The van der Waals surface area contributed by atoms with Gasteiger partial charge >= 0.3 is 0 Å². The molecule has 0 radical (unpaired) electrons. The van der Waals surface area contributed by atoms with E-state index in [0.717, 1.165) is 27.4 Å². The lowest BCUT2D eigenvalue weighted by atomic mass is 10.1. The highest BCUT2D eigenvalue weighted by Gasteiger charge is 2.12. The average Bonchev–Trinajstić information content (AvgIpc) is 3.12. The molecule has 3 aromatic rings. The molecule has 1 N–H and O–H groups in total. The van der Waals surface area contributed by atoms with Crippen molar-refractivity contribution in [1.82, 2.24) is 14.8 Å². The Bertz CT molecular complexity index is 914. The zero-order valence-corrected chi connectivity index (χ0v) is 15.9. The molecule has 0 aliphatic rings. The number of carbonyl (C=O) groups is 1. The summed E-state index contributed by atoms with van der Waals surface area (Å²) in [6, 6.07) is 6.40. The second-order valence-electron chi connectivity index (χ2n) is 6.26. The third-order valence-corrected chi connectivity index (χ3v) is 5.27. The fourth-order valence-corrected chi connectivity index (χ4v) is 3.71. The Hall–Kier alpha value is -2.54. The number of benzene rings is 1. The van der Waals surface area contributed by atoms with E-state index in [9.17, 15) is 9.18 Å². The van der Waals surface area contributed by atoms with Gasteiger partial charge in [0, 0.05) is 36.7 Å². The van der Waals surface area contributed by atoms with Crippen LogP contribution in [0, 0.1) is 19.7 Å². The van der Waals surface area contributed by atoms with Gasteiger partial charge in [0.05, 0.1) is 5.69 Å². The van der Waals surface area contributed by atoms with Gasteiger partial charge in [-0.1, -0.05) is 12.1 Å². The van der Waals surface area contributed by atoms with Crippen LogP contribution >= 0.6 is 11.3 Å². The monoisotopic (exact) mass is 372 g/mol. The smallest absolute Gasteiger partial charge is 0.226 e.